The molecule has 0 amide bonds. The molecule has 0 saturated carbocycles. The van der Waals surface area contributed by atoms with Crippen molar-refractivity contribution >= 4 is 27.3 Å². The molecular weight excluding hydrogens is 420 g/mol. The van der Waals surface area contributed by atoms with Gasteiger partial charge in [0.1, 0.15) is 23.0 Å². The molecule has 3 rings (SSSR count). The number of benzene rings is 3. The minimum atomic E-state index is -0.487. The Morgan fingerprint density at radius 3 is 1.33 bits per heavy atom. The minimum Gasteiger partial charge on any atom is -0.457 e. The second kappa shape index (κ2) is 7.83. The third-order valence-electron chi connectivity index (χ3n) is 3.41. The van der Waals surface area contributed by atoms with Crippen LogP contribution >= 0.6 is 15.9 Å². The first-order chi connectivity index (χ1) is 12.9. The van der Waals surface area contributed by atoms with Crippen LogP contribution in [0.2, 0.25) is 0 Å². The molecule has 0 aliphatic carbocycles. The van der Waals surface area contributed by atoms with Crippen molar-refractivity contribution in [1.29, 1.82) is 0 Å². The summed E-state index contributed by atoms with van der Waals surface area (Å²) in [7, 11) is 0. The third kappa shape index (κ3) is 4.79. The van der Waals surface area contributed by atoms with Crippen molar-refractivity contribution in [3.05, 3.63) is 91.4 Å². The van der Waals surface area contributed by atoms with Crippen LogP contribution in [-0.2, 0) is 0 Å². The molecule has 0 N–H and O–H groups in total. The number of nitrogens with zero attached hydrogens (tertiary/aromatic N) is 2. The second-order valence-corrected chi connectivity index (χ2v) is 6.24. The summed E-state index contributed by atoms with van der Waals surface area (Å²) in [4.78, 5) is 20.4. The summed E-state index contributed by atoms with van der Waals surface area (Å²) in [6.45, 7) is 0. The Hall–Kier alpha value is -3.46. The topological polar surface area (TPSA) is 105 Å². The number of rotatable bonds is 6. The normalized spacial score (nSPS) is 10.3. The van der Waals surface area contributed by atoms with E-state index >= 15 is 0 Å². The van der Waals surface area contributed by atoms with Crippen molar-refractivity contribution in [3.8, 4) is 23.0 Å². The van der Waals surface area contributed by atoms with E-state index in [0.717, 1.165) is 0 Å². The predicted molar refractivity (Wildman–Crippen MR) is 100 cm³/mol. The van der Waals surface area contributed by atoms with Gasteiger partial charge in [-0.1, -0.05) is 15.9 Å². The highest BCUT2D eigenvalue weighted by atomic mass is 79.9. The Labute approximate surface area is 161 Å². The van der Waals surface area contributed by atoms with Gasteiger partial charge in [0.15, 0.2) is 0 Å². The molecular formula is C18H11BrN2O6. The summed E-state index contributed by atoms with van der Waals surface area (Å²) in [6.07, 6.45) is 0. The maximum Gasteiger partial charge on any atom is 0.269 e. The quantitative estimate of drug-likeness (QED) is 0.358. The minimum absolute atomic E-state index is 0.0289. The summed E-state index contributed by atoms with van der Waals surface area (Å²) in [5.74, 6) is 1.77. The SMILES string of the molecule is O=[N+]([O-])c1ccc(Oc2cc(Br)cc(Oc3ccc([N+](=O)[O-])cc3)c2)cc1. The highest BCUT2D eigenvalue weighted by Gasteiger charge is 2.09. The first-order valence-corrected chi connectivity index (χ1v) is 8.35. The lowest BCUT2D eigenvalue weighted by atomic mass is 10.3. The Balaban J connectivity index is 1.77. The van der Waals surface area contributed by atoms with Crippen molar-refractivity contribution in [1.82, 2.24) is 0 Å². The van der Waals surface area contributed by atoms with Crippen LogP contribution in [0.4, 0.5) is 11.4 Å². The lowest BCUT2D eigenvalue weighted by Crippen LogP contribution is -1.90. The van der Waals surface area contributed by atoms with Gasteiger partial charge in [-0.15, -0.1) is 0 Å². The smallest absolute Gasteiger partial charge is 0.269 e. The summed E-state index contributed by atoms with van der Waals surface area (Å²) in [5.41, 5.74) is -0.0578. The maximum atomic E-state index is 10.7. The fourth-order valence-corrected chi connectivity index (χ4v) is 2.65. The number of halogens is 1. The molecule has 3 aromatic rings. The van der Waals surface area contributed by atoms with Crippen molar-refractivity contribution in [2.24, 2.45) is 0 Å². The van der Waals surface area contributed by atoms with Crippen molar-refractivity contribution in [2.75, 3.05) is 0 Å². The molecule has 0 heterocycles. The molecule has 0 radical (unpaired) electrons. The van der Waals surface area contributed by atoms with E-state index in [2.05, 4.69) is 15.9 Å². The second-order valence-electron chi connectivity index (χ2n) is 5.33. The zero-order valence-corrected chi connectivity index (χ0v) is 15.2. The first-order valence-electron chi connectivity index (χ1n) is 7.56. The number of nitro groups is 2. The first kappa shape index (κ1) is 18.3. The Bertz CT molecular complexity index is 912. The molecule has 27 heavy (non-hydrogen) atoms. The van der Waals surface area contributed by atoms with E-state index in [9.17, 15) is 20.2 Å². The van der Waals surface area contributed by atoms with Crippen LogP contribution in [0.5, 0.6) is 23.0 Å². The number of hydrogen-bond donors (Lipinski definition) is 0. The molecule has 3 aromatic carbocycles. The van der Waals surface area contributed by atoms with E-state index < -0.39 is 9.85 Å². The molecule has 9 heteroatoms. The molecule has 136 valence electrons. The lowest BCUT2D eigenvalue weighted by molar-refractivity contribution is -0.385. The largest absolute Gasteiger partial charge is 0.457 e. The van der Waals surface area contributed by atoms with Gasteiger partial charge in [-0.25, -0.2) is 0 Å². The van der Waals surface area contributed by atoms with E-state index in [1.807, 2.05) is 0 Å². The van der Waals surface area contributed by atoms with Gasteiger partial charge in [0.2, 0.25) is 0 Å². The predicted octanol–water partition coefficient (Wildman–Crippen LogP) is 5.85. The van der Waals surface area contributed by atoms with Gasteiger partial charge in [-0.05, 0) is 36.4 Å². The van der Waals surface area contributed by atoms with Gasteiger partial charge >= 0.3 is 0 Å². The molecule has 0 aromatic heterocycles. The van der Waals surface area contributed by atoms with Crippen LogP contribution in [0.3, 0.4) is 0 Å². The fourth-order valence-electron chi connectivity index (χ4n) is 2.20. The zero-order chi connectivity index (χ0) is 19.4. The number of hydrogen-bond acceptors (Lipinski definition) is 6. The van der Waals surface area contributed by atoms with Gasteiger partial charge in [0.25, 0.3) is 11.4 Å². The summed E-state index contributed by atoms with van der Waals surface area (Å²) in [6, 6.07) is 16.4. The number of non-ortho nitro benzene ring substituents is 2. The highest BCUT2D eigenvalue weighted by Crippen LogP contribution is 2.33. The monoisotopic (exact) mass is 430 g/mol. The van der Waals surface area contributed by atoms with Crippen LogP contribution in [0.25, 0.3) is 0 Å². The van der Waals surface area contributed by atoms with Crippen LogP contribution in [0.1, 0.15) is 0 Å². The van der Waals surface area contributed by atoms with Crippen molar-refractivity contribution < 1.29 is 19.3 Å². The van der Waals surface area contributed by atoms with E-state index in [-0.39, 0.29) is 11.4 Å². The van der Waals surface area contributed by atoms with Gasteiger partial charge in [0.05, 0.1) is 9.85 Å². The molecule has 0 saturated heterocycles. The van der Waals surface area contributed by atoms with Gasteiger partial charge in [-0.3, -0.25) is 20.2 Å². The van der Waals surface area contributed by atoms with Crippen LogP contribution in [-0.4, -0.2) is 9.85 Å². The Kier molecular flexibility index (Phi) is 5.32. The molecule has 0 aliphatic rings. The maximum absolute atomic E-state index is 10.7. The van der Waals surface area contributed by atoms with E-state index in [1.165, 1.54) is 48.5 Å². The van der Waals surface area contributed by atoms with E-state index in [0.29, 0.717) is 27.5 Å². The number of ether oxygens (including phenoxy) is 2. The molecule has 0 atom stereocenters. The highest BCUT2D eigenvalue weighted by molar-refractivity contribution is 9.10. The molecule has 0 fully saturated rings. The average molecular weight is 431 g/mol. The van der Waals surface area contributed by atoms with Crippen LogP contribution in [0.15, 0.2) is 71.2 Å². The number of nitro benzene ring substituents is 2. The summed E-state index contributed by atoms with van der Waals surface area (Å²) >= 11 is 3.36. The average Bonchev–Trinajstić information content (AvgIpc) is 2.62. The molecule has 0 spiro atoms. The molecule has 0 bridgehead atoms. The lowest BCUT2D eigenvalue weighted by Gasteiger charge is -2.10. The van der Waals surface area contributed by atoms with Crippen LogP contribution in [0, 0.1) is 20.2 Å². The fraction of sp³-hybridized carbons (Fsp3) is 0. The summed E-state index contributed by atoms with van der Waals surface area (Å²) < 4.78 is 12.1. The van der Waals surface area contributed by atoms with Crippen LogP contribution < -0.4 is 9.47 Å². The van der Waals surface area contributed by atoms with Crippen molar-refractivity contribution in [2.45, 2.75) is 0 Å². The zero-order valence-electron chi connectivity index (χ0n) is 13.6. The molecule has 8 nitrogen and oxygen atoms in total. The van der Waals surface area contributed by atoms with Gasteiger partial charge in [0, 0.05) is 34.8 Å². The molecule has 0 aliphatic heterocycles. The third-order valence-corrected chi connectivity index (χ3v) is 3.87. The molecule has 0 unspecified atom stereocenters. The summed E-state index contributed by atoms with van der Waals surface area (Å²) in [5, 5.41) is 21.4. The van der Waals surface area contributed by atoms with Crippen molar-refractivity contribution in [3.63, 3.8) is 0 Å². The van der Waals surface area contributed by atoms with E-state index in [1.54, 1.807) is 18.2 Å². The Morgan fingerprint density at radius 2 is 1.00 bits per heavy atom. The standard InChI is InChI=1S/C18H11BrN2O6/c19-12-9-17(26-15-5-1-13(2-6-15)20(22)23)11-18(10-12)27-16-7-3-14(4-8-16)21(24)25/h1-11H. The van der Waals surface area contributed by atoms with Gasteiger partial charge < -0.3 is 9.47 Å². The Morgan fingerprint density at radius 1 is 0.630 bits per heavy atom. The van der Waals surface area contributed by atoms with Gasteiger partial charge in [-0.2, -0.15) is 0 Å². The van der Waals surface area contributed by atoms with E-state index in [4.69, 9.17) is 9.47 Å².